The van der Waals surface area contributed by atoms with Crippen LogP contribution in [0.4, 0.5) is 0 Å². The molecule has 0 aromatic heterocycles. The van der Waals surface area contributed by atoms with Gasteiger partial charge in [-0.3, -0.25) is 0 Å². The molecular weight excluding hydrogens is 242 g/mol. The van der Waals surface area contributed by atoms with Crippen molar-refractivity contribution in [3.8, 4) is 0 Å². The van der Waals surface area contributed by atoms with Crippen LogP contribution in [-0.2, 0) is 0 Å². The first-order valence-electron chi connectivity index (χ1n) is 7.52. The van der Waals surface area contributed by atoms with E-state index in [1.165, 1.54) is 64.6 Å². The van der Waals surface area contributed by atoms with Crippen LogP contribution in [0.1, 0.15) is 44.9 Å². The van der Waals surface area contributed by atoms with Gasteiger partial charge in [0.05, 0.1) is 0 Å². The predicted octanol–water partition coefficient (Wildman–Crippen LogP) is 2.22. The van der Waals surface area contributed by atoms with E-state index in [4.69, 9.17) is 12.2 Å². The van der Waals surface area contributed by atoms with Gasteiger partial charge in [-0.15, -0.1) is 0 Å². The fraction of sp³-hybridized carbons (Fsp3) is 0.929. The fourth-order valence-corrected chi connectivity index (χ4v) is 3.47. The molecule has 0 radical (unpaired) electrons. The van der Waals surface area contributed by atoms with Crippen LogP contribution >= 0.6 is 12.2 Å². The van der Waals surface area contributed by atoms with E-state index in [0.29, 0.717) is 6.04 Å². The molecule has 0 spiro atoms. The van der Waals surface area contributed by atoms with E-state index < -0.39 is 0 Å². The quantitative estimate of drug-likeness (QED) is 0.792. The Kier molecular flexibility index (Phi) is 5.70. The molecule has 2 rings (SSSR count). The number of thiocarbonyl (C=S) groups is 1. The normalized spacial score (nSPS) is 26.1. The van der Waals surface area contributed by atoms with Crippen LogP contribution in [0.25, 0.3) is 0 Å². The molecule has 2 saturated heterocycles. The minimum atomic E-state index is 0.667. The summed E-state index contributed by atoms with van der Waals surface area (Å²) in [5.74, 6) is 0. The van der Waals surface area contributed by atoms with Crippen molar-refractivity contribution in [1.29, 1.82) is 0 Å². The molecule has 0 unspecified atom stereocenters. The lowest BCUT2D eigenvalue weighted by Crippen LogP contribution is -2.48. The van der Waals surface area contributed by atoms with Gasteiger partial charge >= 0.3 is 0 Å². The summed E-state index contributed by atoms with van der Waals surface area (Å²) in [4.78, 5) is 5.06. The minimum absolute atomic E-state index is 0.667. The Morgan fingerprint density at radius 2 is 1.83 bits per heavy atom. The Morgan fingerprint density at radius 1 is 1.11 bits per heavy atom. The Morgan fingerprint density at radius 3 is 2.56 bits per heavy atom. The molecule has 2 aliphatic heterocycles. The summed E-state index contributed by atoms with van der Waals surface area (Å²) in [6, 6.07) is 0.667. The van der Waals surface area contributed by atoms with Crippen LogP contribution in [0.2, 0.25) is 0 Å². The third kappa shape index (κ3) is 3.82. The first-order chi connectivity index (χ1) is 8.81. The number of nitrogens with zero attached hydrogens (tertiary/aromatic N) is 2. The van der Waals surface area contributed by atoms with Gasteiger partial charge in [0.2, 0.25) is 0 Å². The maximum absolute atomic E-state index is 5.42. The Labute approximate surface area is 117 Å². The van der Waals surface area contributed by atoms with E-state index in [1.807, 2.05) is 7.05 Å². The van der Waals surface area contributed by atoms with Gasteiger partial charge in [0, 0.05) is 26.2 Å². The summed E-state index contributed by atoms with van der Waals surface area (Å²) in [7, 11) is 1.94. The minimum Gasteiger partial charge on any atom is -0.366 e. The second-order valence-corrected chi connectivity index (χ2v) is 5.98. The first kappa shape index (κ1) is 14.1. The average Bonchev–Trinajstić information content (AvgIpc) is 2.45. The van der Waals surface area contributed by atoms with Crippen molar-refractivity contribution < 1.29 is 0 Å². The van der Waals surface area contributed by atoms with Gasteiger partial charge in [-0.25, -0.2) is 0 Å². The maximum Gasteiger partial charge on any atom is 0.168 e. The first-order valence-corrected chi connectivity index (χ1v) is 7.93. The lowest BCUT2D eigenvalue weighted by Gasteiger charge is -2.38. The van der Waals surface area contributed by atoms with Crippen molar-refractivity contribution in [2.75, 3.05) is 33.2 Å². The van der Waals surface area contributed by atoms with Crippen LogP contribution in [0.5, 0.6) is 0 Å². The van der Waals surface area contributed by atoms with Gasteiger partial charge in [0.1, 0.15) is 0 Å². The van der Waals surface area contributed by atoms with Gasteiger partial charge < -0.3 is 15.1 Å². The molecule has 2 heterocycles. The van der Waals surface area contributed by atoms with Gasteiger partial charge in [0.25, 0.3) is 0 Å². The van der Waals surface area contributed by atoms with Crippen LogP contribution < -0.4 is 5.32 Å². The van der Waals surface area contributed by atoms with Gasteiger partial charge in [-0.2, -0.15) is 0 Å². The second kappa shape index (κ2) is 7.29. The zero-order valence-corrected chi connectivity index (χ0v) is 12.5. The number of piperidine rings is 2. The van der Waals surface area contributed by atoms with Crippen LogP contribution in [0, 0.1) is 0 Å². The Bertz CT molecular complexity index is 264. The molecule has 0 aromatic rings. The molecule has 0 aliphatic carbocycles. The van der Waals surface area contributed by atoms with Crippen molar-refractivity contribution in [3.63, 3.8) is 0 Å². The number of rotatable bonds is 3. The van der Waals surface area contributed by atoms with E-state index in [0.717, 1.165) is 11.7 Å². The molecule has 0 aromatic carbocycles. The number of hydrogen-bond acceptors (Lipinski definition) is 2. The molecule has 18 heavy (non-hydrogen) atoms. The number of hydrogen-bond donors (Lipinski definition) is 1. The average molecular weight is 269 g/mol. The van der Waals surface area contributed by atoms with Crippen molar-refractivity contribution >= 4 is 17.3 Å². The van der Waals surface area contributed by atoms with Gasteiger partial charge in [-0.05, 0) is 63.8 Å². The van der Waals surface area contributed by atoms with Crippen molar-refractivity contribution in [2.45, 2.75) is 51.0 Å². The lowest BCUT2D eigenvalue weighted by molar-refractivity contribution is 0.175. The summed E-state index contributed by atoms with van der Waals surface area (Å²) in [6.07, 6.45) is 9.47. The molecule has 104 valence electrons. The molecule has 3 nitrogen and oxygen atoms in total. The molecule has 0 saturated carbocycles. The van der Waals surface area contributed by atoms with Crippen LogP contribution in [0.15, 0.2) is 0 Å². The highest BCUT2D eigenvalue weighted by molar-refractivity contribution is 7.80. The highest BCUT2D eigenvalue weighted by Crippen LogP contribution is 2.21. The van der Waals surface area contributed by atoms with Gasteiger partial charge in [-0.1, -0.05) is 6.42 Å². The standard InChI is InChI=1S/C14H27N3S/c1-15-14(18)17-11-6-3-7-13(17)8-12-16-9-4-2-5-10-16/h13H,2-12H2,1H3,(H,15,18)/t13-/m1/s1. The zero-order valence-electron chi connectivity index (χ0n) is 11.7. The molecule has 2 fully saturated rings. The van der Waals surface area contributed by atoms with Gasteiger partial charge in [0.15, 0.2) is 5.11 Å². The highest BCUT2D eigenvalue weighted by Gasteiger charge is 2.24. The second-order valence-electron chi connectivity index (χ2n) is 5.59. The molecule has 1 N–H and O–H groups in total. The summed E-state index contributed by atoms with van der Waals surface area (Å²) in [5.41, 5.74) is 0. The molecule has 1 atom stereocenters. The van der Waals surface area contributed by atoms with Crippen molar-refractivity contribution in [1.82, 2.24) is 15.1 Å². The monoisotopic (exact) mass is 269 g/mol. The summed E-state index contributed by atoms with van der Waals surface area (Å²) in [6.45, 7) is 5.02. The topological polar surface area (TPSA) is 18.5 Å². The van der Waals surface area contributed by atoms with E-state index in [-0.39, 0.29) is 0 Å². The van der Waals surface area contributed by atoms with E-state index in [1.54, 1.807) is 0 Å². The van der Waals surface area contributed by atoms with Crippen LogP contribution in [-0.4, -0.2) is 54.2 Å². The van der Waals surface area contributed by atoms with E-state index in [2.05, 4.69) is 15.1 Å². The van der Waals surface area contributed by atoms with E-state index in [9.17, 15) is 0 Å². The third-order valence-corrected chi connectivity index (χ3v) is 4.77. The van der Waals surface area contributed by atoms with E-state index >= 15 is 0 Å². The predicted molar refractivity (Wildman–Crippen MR) is 80.9 cm³/mol. The zero-order chi connectivity index (χ0) is 12.8. The molecule has 4 heteroatoms. The molecular formula is C14H27N3S. The Hall–Kier alpha value is -0.350. The number of likely N-dealkylation sites (tertiary alicyclic amines) is 2. The maximum atomic E-state index is 5.42. The fourth-order valence-electron chi connectivity index (χ4n) is 3.23. The number of nitrogens with one attached hydrogen (secondary N) is 1. The summed E-state index contributed by atoms with van der Waals surface area (Å²) >= 11 is 5.42. The van der Waals surface area contributed by atoms with Crippen LogP contribution in [0.3, 0.4) is 0 Å². The van der Waals surface area contributed by atoms with Crippen molar-refractivity contribution in [3.05, 3.63) is 0 Å². The summed E-state index contributed by atoms with van der Waals surface area (Å²) in [5, 5.41) is 4.09. The SMILES string of the molecule is CNC(=S)N1CCCC[C@@H]1CCN1CCCCC1. The lowest BCUT2D eigenvalue weighted by atomic mass is 9.99. The van der Waals surface area contributed by atoms with Crippen molar-refractivity contribution in [2.24, 2.45) is 0 Å². The third-order valence-electron chi connectivity index (χ3n) is 4.33. The largest absolute Gasteiger partial charge is 0.366 e. The molecule has 2 aliphatic rings. The highest BCUT2D eigenvalue weighted by atomic mass is 32.1. The molecule has 0 amide bonds. The molecule has 0 bridgehead atoms. The summed E-state index contributed by atoms with van der Waals surface area (Å²) < 4.78 is 0. The Balaban J connectivity index is 1.79. The smallest absolute Gasteiger partial charge is 0.168 e.